The van der Waals surface area contributed by atoms with Gasteiger partial charge in [0.15, 0.2) is 0 Å². The molecule has 2 saturated carbocycles. The van der Waals surface area contributed by atoms with Gasteiger partial charge in [-0.2, -0.15) is 0 Å². The molecule has 0 spiro atoms. The van der Waals surface area contributed by atoms with Gasteiger partial charge in [0, 0.05) is 18.0 Å². The van der Waals surface area contributed by atoms with E-state index in [2.05, 4.69) is 20.7 Å². The number of rotatable bonds is 6. The van der Waals surface area contributed by atoms with Crippen molar-refractivity contribution < 1.29 is 46.3 Å². The molecule has 0 radical (unpaired) electrons. The summed E-state index contributed by atoms with van der Waals surface area (Å²) in [4.78, 5) is 69.7. The second kappa shape index (κ2) is 14.7. The van der Waals surface area contributed by atoms with Crippen molar-refractivity contribution in [2.75, 3.05) is 11.9 Å². The first-order valence-electron chi connectivity index (χ1n) is 17.8. The van der Waals surface area contributed by atoms with Crippen LogP contribution >= 0.6 is 0 Å². The fourth-order valence-electron chi connectivity index (χ4n) is 6.86. The third kappa shape index (κ3) is 9.04. The minimum atomic E-state index is -4.03. The van der Waals surface area contributed by atoms with Crippen molar-refractivity contribution in [2.24, 2.45) is 17.8 Å². The number of ether oxygens (including phenoxy) is 2. The van der Waals surface area contributed by atoms with Gasteiger partial charge < -0.3 is 25.0 Å². The number of nitrogens with one attached hydrogen (secondary N) is 4. The molecule has 7 atom stereocenters. The predicted molar refractivity (Wildman–Crippen MR) is 189 cm³/mol. The highest BCUT2D eigenvalue weighted by Gasteiger charge is 2.63. The number of nitrogens with zero attached hydrogens (tertiary/aromatic N) is 1. The minimum Gasteiger partial charge on any atom is -0.444 e. The third-order valence-corrected chi connectivity index (χ3v) is 12.4. The van der Waals surface area contributed by atoms with Crippen molar-refractivity contribution in [1.82, 2.24) is 20.3 Å². The Balaban J connectivity index is 1.45. The van der Waals surface area contributed by atoms with Crippen molar-refractivity contribution in [2.45, 2.75) is 121 Å². The second-order valence-corrected chi connectivity index (χ2v) is 18.2. The van der Waals surface area contributed by atoms with Crippen LogP contribution in [0.5, 0.6) is 0 Å². The van der Waals surface area contributed by atoms with Crippen LogP contribution in [0.3, 0.4) is 0 Å². The molecule has 1 aromatic carbocycles. The number of fused-ring (bicyclic) bond motifs is 2. The van der Waals surface area contributed by atoms with Crippen LogP contribution in [0.4, 0.5) is 19.7 Å². The Bertz CT molecular complexity index is 1710. The van der Waals surface area contributed by atoms with E-state index in [-0.39, 0.29) is 31.0 Å². The lowest BCUT2D eigenvalue weighted by Crippen LogP contribution is -2.59. The van der Waals surface area contributed by atoms with Crippen molar-refractivity contribution >= 4 is 45.6 Å². The Morgan fingerprint density at radius 3 is 2.35 bits per heavy atom. The van der Waals surface area contributed by atoms with E-state index in [1.54, 1.807) is 27.7 Å². The van der Waals surface area contributed by atoms with Crippen molar-refractivity contribution in [1.29, 1.82) is 0 Å². The number of hydrogen-bond acceptors (Lipinski definition) is 9. The van der Waals surface area contributed by atoms with Crippen LogP contribution in [-0.4, -0.2) is 83.8 Å². The highest BCUT2D eigenvalue weighted by atomic mass is 32.2. The number of hydrogen-bond donors (Lipinski definition) is 4. The summed E-state index contributed by atoms with van der Waals surface area (Å²) in [6.07, 6.45) is 3.71. The van der Waals surface area contributed by atoms with E-state index in [4.69, 9.17) is 9.47 Å². The molecule has 2 aliphatic heterocycles. The average molecular weight is 748 g/mol. The van der Waals surface area contributed by atoms with Crippen LogP contribution in [0.1, 0.15) is 86.5 Å². The van der Waals surface area contributed by atoms with Gasteiger partial charge in [-0.15, -0.1) is 0 Å². The Morgan fingerprint density at radius 1 is 1.04 bits per heavy atom. The number of amides is 5. The van der Waals surface area contributed by atoms with Crippen molar-refractivity contribution in [3.63, 3.8) is 0 Å². The topological polar surface area (TPSA) is 189 Å². The van der Waals surface area contributed by atoms with Gasteiger partial charge in [0.25, 0.3) is 5.91 Å². The summed E-state index contributed by atoms with van der Waals surface area (Å²) in [7, 11) is -4.03. The minimum absolute atomic E-state index is 0.109. The summed E-state index contributed by atoms with van der Waals surface area (Å²) >= 11 is 0. The third-order valence-electron chi connectivity index (χ3n) is 10.3. The van der Waals surface area contributed by atoms with Crippen LogP contribution < -0.4 is 20.7 Å². The lowest BCUT2D eigenvalue weighted by molar-refractivity contribution is -0.142. The first-order valence-corrected chi connectivity index (χ1v) is 19.3. The molecule has 286 valence electrons. The lowest BCUT2D eigenvalue weighted by atomic mass is 9.88. The maximum atomic E-state index is 14.5. The molecular weight excluding hydrogens is 697 g/mol. The molecular formula is C36H50FN5O9S. The lowest BCUT2D eigenvalue weighted by Gasteiger charge is -2.33. The predicted octanol–water partition coefficient (Wildman–Crippen LogP) is 4.12. The second-order valence-electron chi connectivity index (χ2n) is 16.0. The molecule has 5 rings (SSSR count). The zero-order chi connectivity index (χ0) is 38.2. The zero-order valence-corrected chi connectivity index (χ0v) is 31.3. The van der Waals surface area contributed by atoms with E-state index in [0.717, 1.165) is 18.6 Å². The number of carbonyl (C=O) groups is 5. The number of carbonyl (C=O) groups excluding carboxylic acids is 5. The molecule has 0 bridgehead atoms. The molecule has 7 unspecified atom stereocenters. The molecule has 3 fully saturated rings. The molecule has 0 aromatic heterocycles. The van der Waals surface area contributed by atoms with Gasteiger partial charge >= 0.3 is 12.2 Å². The maximum Gasteiger partial charge on any atom is 0.411 e. The van der Waals surface area contributed by atoms with Crippen LogP contribution in [0.15, 0.2) is 36.4 Å². The molecule has 16 heteroatoms. The highest BCUT2D eigenvalue weighted by molar-refractivity contribution is 7.91. The number of allylic oxidation sites excluding steroid dienone is 1. The quantitative estimate of drug-likeness (QED) is 0.310. The first-order chi connectivity index (χ1) is 24.2. The monoisotopic (exact) mass is 747 g/mol. The van der Waals surface area contributed by atoms with Crippen LogP contribution in [-0.2, 0) is 33.9 Å². The Kier molecular flexibility index (Phi) is 11.0. The summed E-state index contributed by atoms with van der Waals surface area (Å²) < 4.78 is 51.8. The van der Waals surface area contributed by atoms with E-state index in [0.29, 0.717) is 25.7 Å². The molecule has 14 nitrogen and oxygen atoms in total. The number of benzene rings is 1. The fourth-order valence-corrected chi connectivity index (χ4v) is 8.18. The fraction of sp³-hybridized carbons (Fsp3) is 0.639. The van der Waals surface area contributed by atoms with Gasteiger partial charge in [-0.1, -0.05) is 26.0 Å². The standard InChI is InChI=1S/C36H50FN5O9S/c1-21-9-7-8-10-23-19-36(23,31(45)41-52(48,49)35(6)15-16-35)40-29(43)27-18-26(50-32(46)38-25-13-11-24(37)12-14-25)20-42(27)30(44)28(22(2)17-21)39-33(47)51-34(3,4)5/h8,10-14,21-23,26-28H,7,9,15-20H2,1-6H3,(H,38,46)(H,39,47)(H,40,43)(H,41,45). The van der Waals surface area contributed by atoms with Crippen LogP contribution in [0, 0.1) is 23.6 Å². The van der Waals surface area contributed by atoms with Gasteiger partial charge in [0.2, 0.25) is 21.8 Å². The van der Waals surface area contributed by atoms with E-state index < -0.39 is 91.7 Å². The van der Waals surface area contributed by atoms with Gasteiger partial charge in [-0.3, -0.25) is 24.4 Å². The molecule has 5 amide bonds. The van der Waals surface area contributed by atoms with E-state index in [1.165, 1.54) is 17.0 Å². The summed E-state index contributed by atoms with van der Waals surface area (Å²) in [6.45, 7) is 10.3. The van der Waals surface area contributed by atoms with Crippen molar-refractivity contribution in [3.05, 3.63) is 42.2 Å². The van der Waals surface area contributed by atoms with Gasteiger partial charge in [0.05, 0.1) is 11.3 Å². The van der Waals surface area contributed by atoms with E-state index >= 15 is 0 Å². The summed E-state index contributed by atoms with van der Waals surface area (Å²) in [5.41, 5.74) is -2.19. The van der Waals surface area contributed by atoms with E-state index in [1.807, 2.05) is 26.0 Å². The average Bonchev–Trinajstić information content (AvgIpc) is 3.91. The summed E-state index contributed by atoms with van der Waals surface area (Å²) in [5, 5.41) is 8.00. The number of anilines is 1. The summed E-state index contributed by atoms with van der Waals surface area (Å²) in [5.74, 6) is -3.52. The van der Waals surface area contributed by atoms with Gasteiger partial charge in [0.1, 0.15) is 35.1 Å². The number of alkyl carbamates (subject to hydrolysis) is 1. The largest absolute Gasteiger partial charge is 0.444 e. The van der Waals surface area contributed by atoms with Crippen LogP contribution in [0.2, 0.25) is 0 Å². The number of sulfonamides is 1. The maximum absolute atomic E-state index is 14.5. The smallest absolute Gasteiger partial charge is 0.411 e. The molecule has 2 heterocycles. The molecule has 1 aromatic rings. The van der Waals surface area contributed by atoms with Crippen LogP contribution in [0.25, 0.3) is 0 Å². The Morgan fingerprint density at radius 2 is 1.71 bits per heavy atom. The zero-order valence-electron chi connectivity index (χ0n) is 30.5. The first kappa shape index (κ1) is 39.0. The van der Waals surface area contributed by atoms with Gasteiger partial charge in [-0.05, 0) is 102 Å². The Labute approximate surface area is 304 Å². The SMILES string of the molecule is CC1CCC=CC2CC2(C(=O)NS(=O)(=O)C2(C)CC2)NC(=O)C2CC(OC(=O)Nc3ccc(F)cc3)CN2C(=O)C(NC(=O)OC(C)(C)C)C(C)C1. The normalized spacial score (nSPS) is 30.3. The molecule has 4 N–H and O–H groups in total. The van der Waals surface area contributed by atoms with E-state index in [9.17, 15) is 36.8 Å². The molecule has 52 heavy (non-hydrogen) atoms. The van der Waals surface area contributed by atoms with Crippen molar-refractivity contribution in [3.8, 4) is 0 Å². The highest BCUT2D eigenvalue weighted by Crippen LogP contribution is 2.47. The number of halogens is 1. The molecule has 1 saturated heterocycles. The molecule has 2 aliphatic carbocycles. The summed E-state index contributed by atoms with van der Waals surface area (Å²) in [6, 6.07) is 2.62. The Hall–Kier alpha value is -4.21. The molecule has 4 aliphatic rings. The van der Waals surface area contributed by atoms with Gasteiger partial charge in [-0.25, -0.2) is 22.4 Å².